The SMILES string of the molecule is COC1=COC(=O)C1c1cccc(C(F)(F)F)c1. The summed E-state index contributed by atoms with van der Waals surface area (Å²) in [7, 11) is 1.33. The first-order chi connectivity index (χ1) is 8.43. The number of alkyl halides is 3. The van der Waals surface area contributed by atoms with E-state index >= 15 is 0 Å². The number of esters is 1. The Balaban J connectivity index is 2.40. The Morgan fingerprint density at radius 1 is 1.33 bits per heavy atom. The minimum Gasteiger partial charge on any atom is -0.497 e. The minimum absolute atomic E-state index is 0.194. The maximum absolute atomic E-state index is 12.6. The number of carbonyl (C=O) groups is 1. The summed E-state index contributed by atoms with van der Waals surface area (Å²) in [5.74, 6) is -1.39. The Hall–Kier alpha value is -1.98. The van der Waals surface area contributed by atoms with E-state index in [4.69, 9.17) is 4.74 Å². The second-order valence-electron chi connectivity index (χ2n) is 3.72. The number of hydrogen-bond donors (Lipinski definition) is 0. The fraction of sp³-hybridized carbons (Fsp3) is 0.250. The number of ether oxygens (including phenoxy) is 2. The summed E-state index contributed by atoms with van der Waals surface area (Å²) in [6.07, 6.45) is -3.34. The van der Waals surface area contributed by atoms with Crippen LogP contribution in [0.1, 0.15) is 17.0 Å². The molecule has 1 aliphatic heterocycles. The van der Waals surface area contributed by atoms with Crippen molar-refractivity contribution in [1.29, 1.82) is 0 Å². The lowest BCUT2D eigenvalue weighted by molar-refractivity contribution is -0.139. The molecule has 96 valence electrons. The fourth-order valence-electron chi connectivity index (χ4n) is 1.73. The van der Waals surface area contributed by atoms with E-state index in [2.05, 4.69) is 4.74 Å². The van der Waals surface area contributed by atoms with Gasteiger partial charge in [-0.15, -0.1) is 0 Å². The van der Waals surface area contributed by atoms with Crippen molar-refractivity contribution in [3.8, 4) is 0 Å². The average molecular weight is 258 g/mol. The van der Waals surface area contributed by atoms with Crippen molar-refractivity contribution in [3.05, 3.63) is 47.4 Å². The highest BCUT2D eigenvalue weighted by Crippen LogP contribution is 2.35. The molecule has 1 atom stereocenters. The van der Waals surface area contributed by atoms with Crippen LogP contribution in [0.4, 0.5) is 13.2 Å². The summed E-state index contributed by atoms with van der Waals surface area (Å²) < 4.78 is 47.3. The second-order valence-corrected chi connectivity index (χ2v) is 3.72. The summed E-state index contributed by atoms with van der Waals surface area (Å²) >= 11 is 0. The molecule has 0 bridgehead atoms. The van der Waals surface area contributed by atoms with Crippen LogP contribution in [0.5, 0.6) is 0 Å². The Labute approximate surface area is 101 Å². The lowest BCUT2D eigenvalue weighted by Crippen LogP contribution is -2.12. The lowest BCUT2D eigenvalue weighted by Gasteiger charge is -2.13. The number of cyclic esters (lactones) is 1. The van der Waals surface area contributed by atoms with Gasteiger partial charge in [0, 0.05) is 0 Å². The van der Waals surface area contributed by atoms with Crippen LogP contribution in [0, 0.1) is 0 Å². The molecule has 18 heavy (non-hydrogen) atoms. The molecule has 1 heterocycles. The zero-order chi connectivity index (χ0) is 13.3. The standard InChI is InChI=1S/C12H9F3O3/c1-17-9-6-18-11(16)10(9)7-3-2-4-8(5-7)12(13,14)15/h2-6,10H,1H3. The van der Waals surface area contributed by atoms with Crippen LogP contribution in [0.25, 0.3) is 0 Å². The van der Waals surface area contributed by atoms with Gasteiger partial charge in [0.05, 0.1) is 12.7 Å². The molecule has 0 saturated heterocycles. The molecule has 1 aromatic carbocycles. The molecule has 0 spiro atoms. The molecule has 1 aromatic rings. The molecule has 1 unspecified atom stereocenters. The average Bonchev–Trinajstić information content (AvgIpc) is 2.69. The third-order valence-electron chi connectivity index (χ3n) is 2.59. The van der Waals surface area contributed by atoms with Gasteiger partial charge in [-0.25, -0.2) is 0 Å². The number of methoxy groups -OCH3 is 1. The number of halogens is 3. The summed E-state index contributed by atoms with van der Waals surface area (Å²) in [6.45, 7) is 0. The highest BCUT2D eigenvalue weighted by atomic mass is 19.4. The van der Waals surface area contributed by atoms with Crippen molar-refractivity contribution >= 4 is 5.97 Å². The van der Waals surface area contributed by atoms with Gasteiger partial charge in [0.2, 0.25) is 0 Å². The van der Waals surface area contributed by atoms with Gasteiger partial charge in [0.15, 0.2) is 0 Å². The first kappa shape index (κ1) is 12.5. The van der Waals surface area contributed by atoms with Crippen molar-refractivity contribution in [1.82, 2.24) is 0 Å². The monoisotopic (exact) mass is 258 g/mol. The van der Waals surface area contributed by atoms with E-state index < -0.39 is 23.6 Å². The van der Waals surface area contributed by atoms with Crippen LogP contribution in [0.2, 0.25) is 0 Å². The van der Waals surface area contributed by atoms with E-state index in [0.29, 0.717) is 0 Å². The molecule has 0 aromatic heterocycles. The number of hydrogen-bond acceptors (Lipinski definition) is 3. The fourth-order valence-corrected chi connectivity index (χ4v) is 1.73. The van der Waals surface area contributed by atoms with Crippen molar-refractivity contribution in [3.63, 3.8) is 0 Å². The Kier molecular flexibility index (Phi) is 3.02. The molecular formula is C12H9F3O3. The molecule has 0 fully saturated rings. The van der Waals surface area contributed by atoms with Crippen molar-refractivity contribution in [2.75, 3.05) is 7.11 Å². The van der Waals surface area contributed by atoms with E-state index in [1.165, 1.54) is 19.2 Å². The molecule has 2 rings (SSSR count). The quantitative estimate of drug-likeness (QED) is 0.765. The number of benzene rings is 1. The summed E-state index contributed by atoms with van der Waals surface area (Å²) in [5, 5.41) is 0. The maximum Gasteiger partial charge on any atom is 0.416 e. The third-order valence-corrected chi connectivity index (χ3v) is 2.59. The van der Waals surface area contributed by atoms with Gasteiger partial charge in [0.25, 0.3) is 0 Å². The normalized spacial score (nSPS) is 19.4. The summed E-state index contributed by atoms with van der Waals surface area (Å²) in [4.78, 5) is 11.5. The molecule has 0 saturated carbocycles. The molecule has 0 aliphatic carbocycles. The zero-order valence-corrected chi connectivity index (χ0v) is 9.32. The van der Waals surface area contributed by atoms with Crippen molar-refractivity contribution in [2.45, 2.75) is 12.1 Å². The maximum atomic E-state index is 12.6. The van der Waals surface area contributed by atoms with Crippen LogP contribution < -0.4 is 0 Å². The molecule has 6 heteroatoms. The van der Waals surface area contributed by atoms with Crippen LogP contribution >= 0.6 is 0 Å². The number of carbonyl (C=O) groups excluding carboxylic acids is 1. The van der Waals surface area contributed by atoms with Crippen LogP contribution in [0.15, 0.2) is 36.3 Å². The van der Waals surface area contributed by atoms with Gasteiger partial charge in [-0.3, -0.25) is 4.79 Å². The minimum atomic E-state index is -4.45. The molecule has 0 radical (unpaired) electrons. The lowest BCUT2D eigenvalue weighted by atomic mass is 9.96. The first-order valence-corrected chi connectivity index (χ1v) is 5.05. The van der Waals surface area contributed by atoms with E-state index in [-0.39, 0.29) is 11.3 Å². The predicted molar refractivity (Wildman–Crippen MR) is 55.4 cm³/mol. The van der Waals surface area contributed by atoms with Crippen LogP contribution in [-0.2, 0) is 20.4 Å². The smallest absolute Gasteiger partial charge is 0.416 e. The topological polar surface area (TPSA) is 35.5 Å². The Bertz CT molecular complexity index is 506. The Morgan fingerprint density at radius 2 is 2.06 bits per heavy atom. The van der Waals surface area contributed by atoms with E-state index in [1.807, 2.05) is 0 Å². The zero-order valence-electron chi connectivity index (χ0n) is 9.32. The summed E-state index contributed by atoms with van der Waals surface area (Å²) in [6, 6.07) is 4.54. The van der Waals surface area contributed by atoms with Crippen LogP contribution in [-0.4, -0.2) is 13.1 Å². The molecule has 0 N–H and O–H groups in total. The third kappa shape index (κ3) is 2.18. The van der Waals surface area contributed by atoms with Crippen LogP contribution in [0.3, 0.4) is 0 Å². The van der Waals surface area contributed by atoms with Gasteiger partial charge in [-0.1, -0.05) is 18.2 Å². The van der Waals surface area contributed by atoms with E-state index in [0.717, 1.165) is 18.4 Å². The van der Waals surface area contributed by atoms with Gasteiger partial charge in [-0.2, -0.15) is 13.2 Å². The van der Waals surface area contributed by atoms with Crippen molar-refractivity contribution in [2.24, 2.45) is 0 Å². The highest BCUT2D eigenvalue weighted by Gasteiger charge is 2.36. The highest BCUT2D eigenvalue weighted by molar-refractivity contribution is 5.84. The number of rotatable bonds is 2. The van der Waals surface area contributed by atoms with E-state index in [9.17, 15) is 18.0 Å². The van der Waals surface area contributed by atoms with Gasteiger partial charge in [-0.05, 0) is 11.6 Å². The largest absolute Gasteiger partial charge is 0.497 e. The van der Waals surface area contributed by atoms with Crippen molar-refractivity contribution < 1.29 is 27.4 Å². The van der Waals surface area contributed by atoms with E-state index in [1.54, 1.807) is 0 Å². The Morgan fingerprint density at radius 3 is 2.67 bits per heavy atom. The first-order valence-electron chi connectivity index (χ1n) is 5.05. The summed E-state index contributed by atoms with van der Waals surface area (Å²) in [5.41, 5.74) is -0.615. The van der Waals surface area contributed by atoms with Gasteiger partial charge < -0.3 is 9.47 Å². The second kappa shape index (κ2) is 4.36. The predicted octanol–water partition coefficient (Wildman–Crippen LogP) is 2.83. The molecule has 3 nitrogen and oxygen atoms in total. The van der Waals surface area contributed by atoms with Gasteiger partial charge >= 0.3 is 12.1 Å². The van der Waals surface area contributed by atoms with Gasteiger partial charge in [0.1, 0.15) is 17.9 Å². The molecular weight excluding hydrogens is 249 g/mol. The molecule has 1 aliphatic rings. The molecule has 0 amide bonds.